The van der Waals surface area contributed by atoms with Crippen LogP contribution in [-0.2, 0) is 4.74 Å². The van der Waals surface area contributed by atoms with E-state index < -0.39 is 0 Å². The van der Waals surface area contributed by atoms with Crippen molar-refractivity contribution in [2.45, 2.75) is 25.8 Å². The lowest BCUT2D eigenvalue weighted by Gasteiger charge is -2.21. The van der Waals surface area contributed by atoms with E-state index in [4.69, 9.17) is 9.84 Å². The summed E-state index contributed by atoms with van der Waals surface area (Å²) < 4.78 is 4.83. The van der Waals surface area contributed by atoms with Crippen LogP contribution in [0.5, 0.6) is 0 Å². The maximum absolute atomic E-state index is 11.2. The van der Waals surface area contributed by atoms with E-state index in [9.17, 15) is 4.79 Å². The highest BCUT2D eigenvalue weighted by molar-refractivity contribution is 5.68. The van der Waals surface area contributed by atoms with E-state index >= 15 is 0 Å². The monoisotopic (exact) mass is 173 g/mol. The van der Waals surface area contributed by atoms with Gasteiger partial charge in [-0.2, -0.15) is 0 Å². The molecule has 12 heavy (non-hydrogen) atoms. The molecular weight excluding hydrogens is 158 g/mol. The summed E-state index contributed by atoms with van der Waals surface area (Å²) in [6.07, 6.45) is 1.55. The Labute approximate surface area is 72.1 Å². The first-order chi connectivity index (χ1) is 5.79. The standard InChI is InChI=1S/C8H15NO3/c1-2-12-8(11)9-5-3-4-7(9)6-10/h7,10H,2-6H2,1H3. The molecule has 1 aliphatic rings. The molecule has 1 fully saturated rings. The van der Waals surface area contributed by atoms with Crippen molar-refractivity contribution in [3.8, 4) is 0 Å². The third kappa shape index (κ3) is 1.88. The average Bonchev–Trinajstić information content (AvgIpc) is 2.51. The molecule has 0 radical (unpaired) electrons. The molecule has 0 spiro atoms. The number of carbonyl (C=O) groups is 1. The van der Waals surface area contributed by atoms with Crippen molar-refractivity contribution in [2.75, 3.05) is 19.8 Å². The van der Waals surface area contributed by atoms with E-state index in [2.05, 4.69) is 0 Å². The first kappa shape index (κ1) is 9.32. The fraction of sp³-hybridized carbons (Fsp3) is 0.875. The second kappa shape index (κ2) is 4.30. The minimum atomic E-state index is -0.297. The zero-order valence-electron chi connectivity index (χ0n) is 7.32. The van der Waals surface area contributed by atoms with Crippen molar-refractivity contribution in [3.05, 3.63) is 0 Å². The Balaban J connectivity index is 2.43. The zero-order valence-corrected chi connectivity index (χ0v) is 7.32. The third-order valence-electron chi connectivity index (χ3n) is 2.09. The van der Waals surface area contributed by atoms with E-state index in [0.29, 0.717) is 13.2 Å². The van der Waals surface area contributed by atoms with E-state index in [1.165, 1.54) is 0 Å². The Bertz CT molecular complexity index is 160. The molecule has 0 aliphatic carbocycles. The molecule has 1 N–H and O–H groups in total. The second-order valence-electron chi connectivity index (χ2n) is 2.87. The molecule has 1 unspecified atom stereocenters. The summed E-state index contributed by atoms with van der Waals surface area (Å²) in [5.41, 5.74) is 0. The molecule has 0 aromatic heterocycles. The van der Waals surface area contributed by atoms with Crippen LogP contribution in [0.1, 0.15) is 19.8 Å². The van der Waals surface area contributed by atoms with Crippen molar-refractivity contribution >= 4 is 6.09 Å². The molecule has 1 amide bonds. The van der Waals surface area contributed by atoms with E-state index in [-0.39, 0.29) is 18.7 Å². The minimum absolute atomic E-state index is 0.0240. The van der Waals surface area contributed by atoms with Crippen molar-refractivity contribution in [3.63, 3.8) is 0 Å². The quantitative estimate of drug-likeness (QED) is 0.665. The summed E-state index contributed by atoms with van der Waals surface area (Å²) in [5, 5.41) is 8.90. The van der Waals surface area contributed by atoms with Gasteiger partial charge in [0.1, 0.15) is 0 Å². The normalized spacial score (nSPS) is 22.8. The van der Waals surface area contributed by atoms with Gasteiger partial charge in [0.15, 0.2) is 0 Å². The summed E-state index contributed by atoms with van der Waals surface area (Å²) in [5.74, 6) is 0. The number of carbonyl (C=O) groups excluding carboxylic acids is 1. The molecule has 0 aromatic carbocycles. The van der Waals surface area contributed by atoms with Crippen molar-refractivity contribution in [1.82, 2.24) is 4.90 Å². The Morgan fingerprint density at radius 3 is 3.08 bits per heavy atom. The summed E-state index contributed by atoms with van der Waals surface area (Å²) in [4.78, 5) is 12.8. The molecular formula is C8H15NO3. The van der Waals surface area contributed by atoms with Gasteiger partial charge in [0.05, 0.1) is 19.3 Å². The van der Waals surface area contributed by atoms with Crippen LogP contribution in [0, 0.1) is 0 Å². The number of nitrogens with zero attached hydrogens (tertiary/aromatic N) is 1. The van der Waals surface area contributed by atoms with Gasteiger partial charge in [-0.1, -0.05) is 0 Å². The smallest absolute Gasteiger partial charge is 0.410 e. The fourth-order valence-corrected chi connectivity index (χ4v) is 1.47. The van der Waals surface area contributed by atoms with Crippen LogP contribution in [-0.4, -0.2) is 41.9 Å². The Morgan fingerprint density at radius 2 is 2.50 bits per heavy atom. The molecule has 1 saturated heterocycles. The first-order valence-corrected chi connectivity index (χ1v) is 4.33. The Kier molecular flexibility index (Phi) is 3.34. The second-order valence-corrected chi connectivity index (χ2v) is 2.87. The molecule has 0 bridgehead atoms. The van der Waals surface area contributed by atoms with Crippen molar-refractivity contribution < 1.29 is 14.6 Å². The molecule has 0 aromatic rings. The SMILES string of the molecule is CCOC(=O)N1CCCC1CO. The van der Waals surface area contributed by atoms with Crippen LogP contribution < -0.4 is 0 Å². The minimum Gasteiger partial charge on any atom is -0.450 e. The third-order valence-corrected chi connectivity index (χ3v) is 2.09. The van der Waals surface area contributed by atoms with Crippen LogP contribution in [0.4, 0.5) is 4.79 Å². The van der Waals surface area contributed by atoms with E-state index in [1.54, 1.807) is 11.8 Å². The topological polar surface area (TPSA) is 49.8 Å². The highest BCUT2D eigenvalue weighted by Gasteiger charge is 2.28. The van der Waals surface area contributed by atoms with Gasteiger partial charge in [0, 0.05) is 6.54 Å². The molecule has 1 atom stereocenters. The van der Waals surface area contributed by atoms with Crippen LogP contribution in [0.2, 0.25) is 0 Å². The van der Waals surface area contributed by atoms with Gasteiger partial charge in [-0.25, -0.2) is 4.79 Å². The van der Waals surface area contributed by atoms with Crippen LogP contribution in [0.15, 0.2) is 0 Å². The van der Waals surface area contributed by atoms with Crippen LogP contribution >= 0.6 is 0 Å². The Hall–Kier alpha value is -0.770. The predicted octanol–water partition coefficient (Wildman–Crippen LogP) is 0.600. The molecule has 70 valence electrons. The summed E-state index contributed by atoms with van der Waals surface area (Å²) in [6.45, 7) is 2.93. The number of ether oxygens (including phenoxy) is 1. The fourth-order valence-electron chi connectivity index (χ4n) is 1.47. The number of likely N-dealkylation sites (tertiary alicyclic amines) is 1. The lowest BCUT2D eigenvalue weighted by molar-refractivity contribution is 0.0885. The van der Waals surface area contributed by atoms with Crippen LogP contribution in [0.25, 0.3) is 0 Å². The number of hydrogen-bond acceptors (Lipinski definition) is 3. The molecule has 0 saturated carbocycles. The number of aliphatic hydroxyl groups is 1. The first-order valence-electron chi connectivity index (χ1n) is 4.33. The van der Waals surface area contributed by atoms with Gasteiger partial charge < -0.3 is 14.7 Å². The lowest BCUT2D eigenvalue weighted by atomic mass is 10.2. The largest absolute Gasteiger partial charge is 0.450 e. The number of rotatable bonds is 2. The van der Waals surface area contributed by atoms with Gasteiger partial charge in [-0.15, -0.1) is 0 Å². The van der Waals surface area contributed by atoms with Gasteiger partial charge in [0.2, 0.25) is 0 Å². The van der Waals surface area contributed by atoms with E-state index in [1.807, 2.05) is 0 Å². The van der Waals surface area contributed by atoms with Crippen LogP contribution in [0.3, 0.4) is 0 Å². The highest BCUT2D eigenvalue weighted by Crippen LogP contribution is 2.17. The van der Waals surface area contributed by atoms with Gasteiger partial charge >= 0.3 is 6.09 Å². The molecule has 1 rings (SSSR count). The Morgan fingerprint density at radius 1 is 1.75 bits per heavy atom. The van der Waals surface area contributed by atoms with Gasteiger partial charge in [0.25, 0.3) is 0 Å². The molecule has 4 nitrogen and oxygen atoms in total. The number of aliphatic hydroxyl groups excluding tert-OH is 1. The van der Waals surface area contributed by atoms with Gasteiger partial charge in [-0.3, -0.25) is 0 Å². The highest BCUT2D eigenvalue weighted by atomic mass is 16.6. The molecule has 1 heterocycles. The summed E-state index contributed by atoms with van der Waals surface area (Å²) in [6, 6.07) is -0.0240. The maximum Gasteiger partial charge on any atom is 0.410 e. The molecule has 1 aliphatic heterocycles. The summed E-state index contributed by atoms with van der Waals surface area (Å²) >= 11 is 0. The van der Waals surface area contributed by atoms with Crippen molar-refractivity contribution in [2.24, 2.45) is 0 Å². The van der Waals surface area contributed by atoms with Crippen molar-refractivity contribution in [1.29, 1.82) is 0 Å². The zero-order chi connectivity index (χ0) is 8.97. The summed E-state index contributed by atoms with van der Waals surface area (Å²) in [7, 11) is 0. The average molecular weight is 173 g/mol. The number of hydrogen-bond donors (Lipinski definition) is 1. The molecule has 4 heteroatoms. The predicted molar refractivity (Wildman–Crippen MR) is 43.8 cm³/mol. The van der Waals surface area contributed by atoms with Gasteiger partial charge in [-0.05, 0) is 19.8 Å². The van der Waals surface area contributed by atoms with E-state index in [0.717, 1.165) is 12.8 Å². The maximum atomic E-state index is 11.2. The lowest BCUT2D eigenvalue weighted by Crippen LogP contribution is -2.37. The number of amides is 1.